The number of amides is 1. The van der Waals surface area contributed by atoms with Crippen molar-refractivity contribution < 1.29 is 4.79 Å². The van der Waals surface area contributed by atoms with E-state index >= 15 is 0 Å². The molecule has 0 bridgehead atoms. The van der Waals surface area contributed by atoms with Gasteiger partial charge in [0.1, 0.15) is 5.52 Å². The number of carbonyl (C=O) groups is 1. The van der Waals surface area contributed by atoms with E-state index in [4.69, 9.17) is 12.2 Å². The van der Waals surface area contributed by atoms with Crippen LogP contribution in [-0.2, 0) is 4.79 Å². The minimum Gasteiger partial charge on any atom is -0.325 e. The third-order valence-electron chi connectivity index (χ3n) is 2.74. The van der Waals surface area contributed by atoms with E-state index in [9.17, 15) is 9.59 Å². The van der Waals surface area contributed by atoms with E-state index < -0.39 is 0 Å². The number of thiol groups is 1. The number of imidazole rings is 1. The lowest BCUT2D eigenvalue weighted by Crippen LogP contribution is -2.29. The van der Waals surface area contributed by atoms with Gasteiger partial charge in [-0.2, -0.15) is 17.6 Å². The Kier molecular flexibility index (Phi) is 2.52. The molecule has 94 valence electrons. The maximum absolute atomic E-state index is 11.8. The van der Waals surface area contributed by atoms with Gasteiger partial charge in [0, 0.05) is 18.2 Å². The Labute approximate surface area is 111 Å². The van der Waals surface area contributed by atoms with Gasteiger partial charge in [-0.05, 0) is 12.2 Å². The van der Waals surface area contributed by atoms with Gasteiger partial charge in [0.05, 0.1) is 0 Å². The summed E-state index contributed by atoms with van der Waals surface area (Å²) in [5.74, 6) is 0.117. The van der Waals surface area contributed by atoms with Gasteiger partial charge < -0.3 is 9.97 Å². The smallest absolute Gasteiger partial charge is 0.278 e. The summed E-state index contributed by atoms with van der Waals surface area (Å²) in [4.78, 5) is 37.1. The molecule has 0 aromatic carbocycles. The third-order valence-corrected chi connectivity index (χ3v) is 3.29. The first-order chi connectivity index (χ1) is 8.54. The van der Waals surface area contributed by atoms with E-state index in [1.54, 1.807) is 0 Å². The maximum atomic E-state index is 11.8. The van der Waals surface area contributed by atoms with Crippen LogP contribution >= 0.6 is 24.8 Å². The standard InChI is InChI=1S/C9H9N5O2S2/c15-4-1-3(17)2-14(4)8-11-6-5(7(16)13-8)10-9(18)12-6/h3,17H,1-2H2,(H3,10,11,12,13,16,18). The van der Waals surface area contributed by atoms with Crippen molar-refractivity contribution in [3.8, 4) is 0 Å². The van der Waals surface area contributed by atoms with Gasteiger partial charge in [0.2, 0.25) is 11.9 Å². The van der Waals surface area contributed by atoms with Crippen LogP contribution in [-0.4, -0.2) is 37.6 Å². The molecule has 3 rings (SSSR count). The van der Waals surface area contributed by atoms with Crippen molar-refractivity contribution in [3.63, 3.8) is 0 Å². The lowest BCUT2D eigenvalue weighted by molar-refractivity contribution is -0.117. The molecule has 9 heteroatoms. The number of fused-ring (bicyclic) bond motifs is 1. The van der Waals surface area contributed by atoms with Crippen LogP contribution in [0.1, 0.15) is 6.42 Å². The number of H-pyrrole nitrogens is 3. The van der Waals surface area contributed by atoms with Crippen LogP contribution in [0.15, 0.2) is 4.79 Å². The molecule has 3 heterocycles. The largest absolute Gasteiger partial charge is 0.325 e. The van der Waals surface area contributed by atoms with Gasteiger partial charge in [-0.25, -0.2) is 0 Å². The molecule has 0 radical (unpaired) electrons. The molecular formula is C9H9N5O2S2. The van der Waals surface area contributed by atoms with E-state index in [1.807, 2.05) is 0 Å². The highest BCUT2D eigenvalue weighted by Gasteiger charge is 2.30. The van der Waals surface area contributed by atoms with Crippen molar-refractivity contribution in [1.82, 2.24) is 19.9 Å². The molecule has 7 nitrogen and oxygen atoms in total. The number of hydrogen-bond donors (Lipinski definition) is 4. The fourth-order valence-corrected chi connectivity index (χ4v) is 2.46. The topological polar surface area (TPSA) is 97.6 Å². The van der Waals surface area contributed by atoms with Gasteiger partial charge in [0.15, 0.2) is 10.4 Å². The number of nitrogens with zero attached hydrogens (tertiary/aromatic N) is 2. The number of rotatable bonds is 1. The van der Waals surface area contributed by atoms with Gasteiger partial charge in [-0.3, -0.25) is 19.5 Å². The Hall–Kier alpha value is -1.61. The second kappa shape index (κ2) is 3.95. The zero-order valence-corrected chi connectivity index (χ0v) is 10.8. The fraction of sp³-hybridized carbons (Fsp3) is 0.333. The van der Waals surface area contributed by atoms with Crippen LogP contribution in [0.25, 0.3) is 11.2 Å². The summed E-state index contributed by atoms with van der Waals surface area (Å²) in [6.45, 7) is 0.432. The highest BCUT2D eigenvalue weighted by atomic mass is 32.1. The molecule has 1 atom stereocenters. The van der Waals surface area contributed by atoms with Crippen LogP contribution in [0.5, 0.6) is 0 Å². The molecule has 1 aliphatic heterocycles. The highest BCUT2D eigenvalue weighted by Crippen LogP contribution is 2.20. The zero-order chi connectivity index (χ0) is 12.9. The Morgan fingerprint density at radius 2 is 2.11 bits per heavy atom. The average Bonchev–Trinajstić information content (AvgIpc) is 2.81. The monoisotopic (exact) mass is 283 g/mol. The molecular weight excluding hydrogens is 274 g/mol. The molecule has 1 fully saturated rings. The average molecular weight is 283 g/mol. The highest BCUT2D eigenvalue weighted by molar-refractivity contribution is 7.81. The number of aromatic amines is 3. The van der Waals surface area contributed by atoms with Crippen LogP contribution in [0, 0.1) is 4.77 Å². The summed E-state index contributed by atoms with van der Waals surface area (Å²) in [5, 5.41) is -0.0387. The van der Waals surface area contributed by atoms with Crippen molar-refractivity contribution >= 4 is 47.9 Å². The van der Waals surface area contributed by atoms with Gasteiger partial charge in [-0.15, -0.1) is 0 Å². The Morgan fingerprint density at radius 3 is 2.78 bits per heavy atom. The summed E-state index contributed by atoms with van der Waals surface area (Å²) >= 11 is 9.15. The van der Waals surface area contributed by atoms with Crippen LogP contribution in [0.2, 0.25) is 0 Å². The first kappa shape index (κ1) is 11.5. The number of aromatic nitrogens is 4. The summed E-state index contributed by atoms with van der Waals surface area (Å²) in [6.07, 6.45) is 0.341. The Morgan fingerprint density at radius 1 is 1.33 bits per heavy atom. The molecule has 2 aromatic heterocycles. The fourth-order valence-electron chi connectivity index (χ4n) is 1.94. The second-order valence-electron chi connectivity index (χ2n) is 4.05. The molecule has 1 aliphatic rings. The number of anilines is 1. The van der Waals surface area contributed by atoms with Crippen molar-refractivity contribution in [1.29, 1.82) is 0 Å². The molecule has 1 unspecified atom stereocenters. The third kappa shape index (κ3) is 1.75. The summed E-state index contributed by atoms with van der Waals surface area (Å²) in [7, 11) is 0. The predicted octanol–water partition coefficient (Wildman–Crippen LogP) is 0.344. The quantitative estimate of drug-likeness (QED) is 0.448. The zero-order valence-electron chi connectivity index (χ0n) is 9.06. The number of nitrogens with one attached hydrogen (secondary N) is 3. The van der Waals surface area contributed by atoms with Crippen LogP contribution in [0.4, 0.5) is 5.95 Å². The molecule has 0 aliphatic carbocycles. The first-order valence-electron chi connectivity index (χ1n) is 5.25. The van der Waals surface area contributed by atoms with Crippen molar-refractivity contribution in [2.24, 2.45) is 0 Å². The van der Waals surface area contributed by atoms with Crippen LogP contribution in [0.3, 0.4) is 0 Å². The van der Waals surface area contributed by atoms with Gasteiger partial charge in [-0.1, -0.05) is 0 Å². The lowest BCUT2D eigenvalue weighted by Gasteiger charge is -2.13. The molecule has 1 amide bonds. The first-order valence-corrected chi connectivity index (χ1v) is 6.18. The number of carbonyl (C=O) groups excluding carboxylic acids is 1. The SMILES string of the molecule is O=C1CC(S)CN1c1nc2[nH]c(=S)[nH]c2c(=O)[nH]1. The Bertz CT molecular complexity index is 745. The molecule has 3 N–H and O–H groups in total. The van der Waals surface area contributed by atoms with E-state index in [0.29, 0.717) is 23.4 Å². The molecule has 0 saturated carbocycles. The summed E-state index contributed by atoms with van der Waals surface area (Å²) in [6, 6.07) is 0. The van der Waals surface area contributed by atoms with Crippen molar-refractivity contribution in [3.05, 3.63) is 15.1 Å². The van der Waals surface area contributed by atoms with Gasteiger partial charge in [0.25, 0.3) is 5.56 Å². The minimum absolute atomic E-state index is 0.0387. The van der Waals surface area contributed by atoms with Crippen LogP contribution < -0.4 is 10.5 Å². The van der Waals surface area contributed by atoms with Gasteiger partial charge >= 0.3 is 0 Å². The minimum atomic E-state index is -0.363. The summed E-state index contributed by atoms with van der Waals surface area (Å²) < 4.78 is 0.319. The van der Waals surface area contributed by atoms with E-state index in [0.717, 1.165) is 0 Å². The maximum Gasteiger partial charge on any atom is 0.278 e. The summed E-state index contributed by atoms with van der Waals surface area (Å²) in [5.41, 5.74) is 0.254. The predicted molar refractivity (Wildman–Crippen MR) is 71.6 cm³/mol. The normalized spacial score (nSPS) is 19.9. The van der Waals surface area contributed by atoms with E-state index in [1.165, 1.54) is 4.90 Å². The molecule has 2 aromatic rings. The van der Waals surface area contributed by atoms with E-state index in [-0.39, 0.29) is 28.2 Å². The van der Waals surface area contributed by atoms with Crippen molar-refractivity contribution in [2.75, 3.05) is 11.4 Å². The molecule has 1 saturated heterocycles. The number of hydrogen-bond acceptors (Lipinski definition) is 5. The Balaban J connectivity index is 2.16. The second-order valence-corrected chi connectivity index (χ2v) is 5.19. The van der Waals surface area contributed by atoms with E-state index in [2.05, 4.69) is 32.6 Å². The molecule has 18 heavy (non-hydrogen) atoms. The lowest BCUT2D eigenvalue weighted by atomic mass is 10.4. The van der Waals surface area contributed by atoms with Crippen molar-refractivity contribution in [2.45, 2.75) is 11.7 Å². The molecule has 0 spiro atoms.